The average molecular weight is 436 g/mol. The fourth-order valence-corrected chi connectivity index (χ4v) is 2.77. The summed E-state index contributed by atoms with van der Waals surface area (Å²) in [5.74, 6) is 1.25. The minimum absolute atomic E-state index is 0. The van der Waals surface area contributed by atoms with Crippen molar-refractivity contribution in [1.29, 1.82) is 0 Å². The maximum atomic E-state index is 6.42. The van der Waals surface area contributed by atoms with Gasteiger partial charge in [0.25, 0.3) is 0 Å². The lowest BCUT2D eigenvalue weighted by atomic mass is 10.1. The monoisotopic (exact) mass is 434 g/mol. The molecule has 2 N–H and O–H groups in total. The van der Waals surface area contributed by atoms with Crippen LogP contribution in [0.5, 0.6) is 11.5 Å². The summed E-state index contributed by atoms with van der Waals surface area (Å²) in [4.78, 5) is 0. The lowest BCUT2D eigenvalue weighted by molar-refractivity contribution is 0.284. The second-order valence-corrected chi connectivity index (χ2v) is 6.42. The molecule has 2 aromatic carbocycles. The van der Waals surface area contributed by atoms with E-state index in [1.807, 2.05) is 19.2 Å². The van der Waals surface area contributed by atoms with Crippen molar-refractivity contribution in [1.82, 2.24) is 10.6 Å². The number of hydrogen-bond donors (Lipinski definition) is 2. The van der Waals surface area contributed by atoms with Gasteiger partial charge in [-0.3, -0.25) is 0 Å². The van der Waals surface area contributed by atoms with Gasteiger partial charge in [0.15, 0.2) is 11.5 Å². The zero-order chi connectivity index (χ0) is 18.1. The Labute approximate surface area is 179 Å². The Morgan fingerprint density at radius 2 is 1.70 bits per heavy atom. The van der Waals surface area contributed by atoms with Crippen molar-refractivity contribution in [3.63, 3.8) is 0 Å². The van der Waals surface area contributed by atoms with Gasteiger partial charge >= 0.3 is 0 Å². The molecule has 0 saturated heterocycles. The van der Waals surface area contributed by atoms with Crippen molar-refractivity contribution in [2.24, 2.45) is 0 Å². The Kier molecular flexibility index (Phi) is 13.3. The molecule has 0 aliphatic heterocycles. The van der Waals surface area contributed by atoms with Gasteiger partial charge < -0.3 is 20.1 Å². The lowest BCUT2D eigenvalue weighted by Gasteiger charge is -2.15. The number of halogens is 3. The van der Waals surface area contributed by atoms with Crippen LogP contribution < -0.4 is 20.1 Å². The normalized spacial score (nSPS) is 9.93. The minimum atomic E-state index is 0. The third-order valence-electron chi connectivity index (χ3n) is 3.90. The fourth-order valence-electron chi connectivity index (χ4n) is 2.48. The number of aryl methyl sites for hydroxylation is 1. The zero-order valence-electron chi connectivity index (χ0n) is 16.0. The van der Waals surface area contributed by atoms with E-state index in [0.29, 0.717) is 23.1 Å². The van der Waals surface area contributed by atoms with E-state index in [-0.39, 0.29) is 24.8 Å². The Hall–Kier alpha value is -1.17. The summed E-state index contributed by atoms with van der Waals surface area (Å²) in [6, 6.07) is 12.2. The highest BCUT2D eigenvalue weighted by atomic mass is 35.5. The number of rotatable bonds is 10. The van der Waals surface area contributed by atoms with Gasteiger partial charge in [-0.1, -0.05) is 41.4 Å². The van der Waals surface area contributed by atoms with Gasteiger partial charge in [-0.05, 0) is 56.7 Å². The van der Waals surface area contributed by atoms with Crippen LogP contribution in [0.25, 0.3) is 0 Å². The Morgan fingerprint density at radius 1 is 1.00 bits per heavy atom. The molecule has 0 fully saturated rings. The van der Waals surface area contributed by atoms with Crippen LogP contribution in [-0.2, 0) is 13.2 Å². The van der Waals surface area contributed by atoms with E-state index in [9.17, 15) is 0 Å². The third kappa shape index (κ3) is 8.58. The van der Waals surface area contributed by atoms with E-state index in [1.165, 1.54) is 5.56 Å². The smallest absolute Gasteiger partial charge is 0.180 e. The molecule has 7 heteroatoms. The highest BCUT2D eigenvalue weighted by Crippen LogP contribution is 2.37. The van der Waals surface area contributed by atoms with E-state index >= 15 is 0 Å². The minimum Gasteiger partial charge on any atom is -0.493 e. The maximum absolute atomic E-state index is 6.42. The average Bonchev–Trinajstić information content (AvgIpc) is 2.61. The van der Waals surface area contributed by atoms with Crippen LogP contribution in [-0.4, -0.2) is 27.2 Å². The summed E-state index contributed by atoms with van der Waals surface area (Å²) in [6.45, 7) is 5.22. The molecule has 152 valence electrons. The van der Waals surface area contributed by atoms with Gasteiger partial charge in [-0.2, -0.15) is 0 Å². The van der Waals surface area contributed by atoms with Gasteiger partial charge in [0.2, 0.25) is 0 Å². The van der Waals surface area contributed by atoms with Crippen molar-refractivity contribution in [3.05, 3.63) is 58.1 Å². The second kappa shape index (κ2) is 13.9. The van der Waals surface area contributed by atoms with Gasteiger partial charge in [-0.15, -0.1) is 24.8 Å². The van der Waals surface area contributed by atoms with Crippen LogP contribution in [0, 0.1) is 6.92 Å². The number of nitrogens with one attached hydrogen (secondary N) is 2. The van der Waals surface area contributed by atoms with Gasteiger partial charge in [0.1, 0.15) is 6.61 Å². The molecule has 2 aromatic rings. The van der Waals surface area contributed by atoms with Crippen molar-refractivity contribution >= 4 is 36.4 Å². The van der Waals surface area contributed by atoms with Crippen LogP contribution in [0.2, 0.25) is 5.02 Å². The Morgan fingerprint density at radius 3 is 2.33 bits per heavy atom. The van der Waals surface area contributed by atoms with Gasteiger partial charge in [0, 0.05) is 6.54 Å². The summed E-state index contributed by atoms with van der Waals surface area (Å²) >= 11 is 6.42. The van der Waals surface area contributed by atoms with Gasteiger partial charge in [-0.25, -0.2) is 0 Å². The number of ether oxygens (including phenoxy) is 2. The molecule has 0 bridgehead atoms. The van der Waals surface area contributed by atoms with Crippen LogP contribution in [0.3, 0.4) is 0 Å². The predicted octanol–water partition coefficient (Wildman–Crippen LogP) is 4.78. The van der Waals surface area contributed by atoms with Crippen molar-refractivity contribution < 1.29 is 9.47 Å². The first-order chi connectivity index (χ1) is 12.1. The fraction of sp³-hybridized carbons (Fsp3) is 0.400. The first kappa shape index (κ1) is 25.8. The molecule has 0 saturated carbocycles. The number of methoxy groups -OCH3 is 1. The predicted molar refractivity (Wildman–Crippen MR) is 118 cm³/mol. The van der Waals surface area contributed by atoms with Crippen molar-refractivity contribution in [2.45, 2.75) is 26.5 Å². The molecule has 0 spiro atoms. The molecule has 0 radical (unpaired) electrons. The summed E-state index contributed by atoms with van der Waals surface area (Å²) in [7, 11) is 3.59. The molecular formula is C20H29Cl3N2O2. The van der Waals surface area contributed by atoms with E-state index in [2.05, 4.69) is 41.8 Å². The topological polar surface area (TPSA) is 42.5 Å². The largest absolute Gasteiger partial charge is 0.493 e. The number of hydrogen-bond acceptors (Lipinski definition) is 4. The van der Waals surface area contributed by atoms with Crippen LogP contribution in [0.15, 0.2) is 36.4 Å². The SMILES string of the molecule is CNCCCNCc1cc(Cl)c(OCc2ccc(C)cc2)c(OC)c1.Cl.Cl. The quantitative estimate of drug-likeness (QED) is 0.527. The van der Waals surface area contributed by atoms with Crippen LogP contribution in [0.1, 0.15) is 23.1 Å². The van der Waals surface area contributed by atoms with Crippen molar-refractivity contribution in [3.8, 4) is 11.5 Å². The van der Waals surface area contributed by atoms with E-state index in [1.54, 1.807) is 7.11 Å². The maximum Gasteiger partial charge on any atom is 0.180 e. The summed E-state index contributed by atoms with van der Waals surface area (Å²) in [5.41, 5.74) is 3.40. The number of benzene rings is 2. The Balaban J connectivity index is 0.00000338. The van der Waals surface area contributed by atoms with E-state index in [4.69, 9.17) is 21.1 Å². The highest BCUT2D eigenvalue weighted by molar-refractivity contribution is 6.32. The van der Waals surface area contributed by atoms with Crippen molar-refractivity contribution in [2.75, 3.05) is 27.2 Å². The summed E-state index contributed by atoms with van der Waals surface area (Å²) in [6.07, 6.45) is 1.08. The second-order valence-electron chi connectivity index (χ2n) is 6.02. The molecule has 0 atom stereocenters. The molecule has 0 amide bonds. The van der Waals surface area contributed by atoms with E-state index < -0.39 is 0 Å². The molecule has 0 heterocycles. The van der Waals surface area contributed by atoms with Crippen LogP contribution >= 0.6 is 36.4 Å². The summed E-state index contributed by atoms with van der Waals surface area (Å²) < 4.78 is 11.4. The zero-order valence-corrected chi connectivity index (χ0v) is 18.4. The Bertz CT molecular complexity index is 667. The molecule has 0 unspecified atom stereocenters. The van der Waals surface area contributed by atoms with Crippen LogP contribution in [0.4, 0.5) is 0 Å². The molecule has 0 aromatic heterocycles. The first-order valence-corrected chi connectivity index (χ1v) is 8.92. The molecular weight excluding hydrogens is 407 g/mol. The molecule has 2 rings (SSSR count). The molecule has 0 aliphatic carbocycles. The summed E-state index contributed by atoms with van der Waals surface area (Å²) in [5, 5.41) is 7.10. The molecule has 4 nitrogen and oxygen atoms in total. The first-order valence-electron chi connectivity index (χ1n) is 8.54. The van der Waals surface area contributed by atoms with Gasteiger partial charge in [0.05, 0.1) is 12.1 Å². The molecule has 0 aliphatic rings. The highest BCUT2D eigenvalue weighted by Gasteiger charge is 2.12. The third-order valence-corrected chi connectivity index (χ3v) is 4.18. The standard InChI is InChI=1S/C20H27ClN2O2.2ClH/c1-15-5-7-16(8-6-15)14-25-20-18(21)11-17(12-19(20)24-3)13-23-10-4-9-22-2;;/h5-8,11-12,22-23H,4,9-10,13-14H2,1-3H3;2*1H. The van der Waals surface area contributed by atoms with E-state index in [0.717, 1.165) is 37.2 Å². The molecule has 27 heavy (non-hydrogen) atoms. The lowest BCUT2D eigenvalue weighted by Crippen LogP contribution is -2.19.